The largest absolute Gasteiger partial charge is 0.352 e. The number of nitrogens with one attached hydrogen (secondary N) is 1. The van der Waals surface area contributed by atoms with Crippen LogP contribution in [0.3, 0.4) is 0 Å². The summed E-state index contributed by atoms with van der Waals surface area (Å²) in [5, 5.41) is 8.04. The molecule has 158 valence electrons. The third-order valence-electron chi connectivity index (χ3n) is 6.02. The lowest BCUT2D eigenvalue weighted by molar-refractivity contribution is 0.172. The summed E-state index contributed by atoms with van der Waals surface area (Å²) >= 11 is 0. The zero-order valence-corrected chi connectivity index (χ0v) is 18.9. The van der Waals surface area contributed by atoms with E-state index in [4.69, 9.17) is 0 Å². The van der Waals surface area contributed by atoms with Crippen molar-refractivity contribution in [3.05, 3.63) is 52.3 Å². The number of rotatable bonds is 5. The standard InChI is InChI=1S/C23H36N6/c1-17(2)21-9-7-20(8-10-21)16-28-11-13-29(14-12-28)23(24-5)25-15-22-18(3)26-27(6)19(22)4/h7-10,17H,11-16H2,1-6H3,(H,24,25). The van der Waals surface area contributed by atoms with Crippen molar-refractivity contribution in [3.8, 4) is 0 Å². The molecule has 1 aromatic heterocycles. The van der Waals surface area contributed by atoms with Gasteiger partial charge in [0.05, 0.1) is 5.69 Å². The third kappa shape index (κ3) is 5.18. The van der Waals surface area contributed by atoms with Crippen LogP contribution in [-0.4, -0.2) is 58.8 Å². The highest BCUT2D eigenvalue weighted by Crippen LogP contribution is 2.16. The number of guanidine groups is 1. The Kier molecular flexibility index (Phi) is 6.96. The topological polar surface area (TPSA) is 48.7 Å². The normalized spacial score (nSPS) is 16.0. The molecule has 6 heteroatoms. The molecule has 0 radical (unpaired) electrons. The number of nitrogens with zero attached hydrogens (tertiary/aromatic N) is 5. The van der Waals surface area contributed by atoms with Crippen molar-refractivity contribution in [2.75, 3.05) is 33.2 Å². The predicted molar refractivity (Wildman–Crippen MR) is 120 cm³/mol. The molecular formula is C23H36N6. The molecule has 2 aromatic rings. The highest BCUT2D eigenvalue weighted by molar-refractivity contribution is 5.80. The molecule has 0 saturated carbocycles. The molecule has 6 nitrogen and oxygen atoms in total. The number of hydrogen-bond acceptors (Lipinski definition) is 3. The van der Waals surface area contributed by atoms with Crippen molar-refractivity contribution in [3.63, 3.8) is 0 Å². The van der Waals surface area contributed by atoms with E-state index in [0.29, 0.717) is 5.92 Å². The predicted octanol–water partition coefficient (Wildman–Crippen LogP) is 3.05. The molecule has 1 aromatic carbocycles. The van der Waals surface area contributed by atoms with Crippen molar-refractivity contribution < 1.29 is 0 Å². The minimum atomic E-state index is 0.589. The van der Waals surface area contributed by atoms with Gasteiger partial charge in [-0.25, -0.2) is 0 Å². The molecule has 3 rings (SSSR count). The van der Waals surface area contributed by atoms with E-state index in [-0.39, 0.29) is 0 Å². The van der Waals surface area contributed by atoms with E-state index in [2.05, 4.69) is 77.2 Å². The van der Waals surface area contributed by atoms with E-state index in [0.717, 1.165) is 50.9 Å². The first kappa shape index (κ1) is 21.4. The maximum absolute atomic E-state index is 4.51. The average Bonchev–Trinajstić information content (AvgIpc) is 2.95. The monoisotopic (exact) mass is 396 g/mol. The summed E-state index contributed by atoms with van der Waals surface area (Å²) < 4.78 is 1.95. The number of piperazine rings is 1. The van der Waals surface area contributed by atoms with Crippen molar-refractivity contribution in [2.45, 2.75) is 46.7 Å². The van der Waals surface area contributed by atoms with Gasteiger partial charge in [-0.1, -0.05) is 38.1 Å². The van der Waals surface area contributed by atoms with E-state index in [9.17, 15) is 0 Å². The van der Waals surface area contributed by atoms with E-state index >= 15 is 0 Å². The van der Waals surface area contributed by atoms with E-state index in [1.54, 1.807) is 0 Å². The number of aromatic nitrogens is 2. The van der Waals surface area contributed by atoms with Gasteiger partial charge in [0, 0.05) is 64.6 Å². The Morgan fingerprint density at radius 1 is 1.10 bits per heavy atom. The summed E-state index contributed by atoms with van der Waals surface area (Å²) in [5.41, 5.74) is 6.36. The fourth-order valence-electron chi connectivity index (χ4n) is 3.96. The Morgan fingerprint density at radius 3 is 2.28 bits per heavy atom. The molecule has 1 fully saturated rings. The highest BCUT2D eigenvalue weighted by atomic mass is 15.3. The van der Waals surface area contributed by atoms with Gasteiger partial charge in [0.15, 0.2) is 5.96 Å². The molecule has 0 amide bonds. The second-order valence-electron chi connectivity index (χ2n) is 8.33. The van der Waals surface area contributed by atoms with Gasteiger partial charge in [-0.3, -0.25) is 14.6 Å². The van der Waals surface area contributed by atoms with Gasteiger partial charge < -0.3 is 10.2 Å². The van der Waals surface area contributed by atoms with Crippen LogP contribution in [-0.2, 0) is 20.1 Å². The minimum absolute atomic E-state index is 0.589. The summed E-state index contributed by atoms with van der Waals surface area (Å²) in [4.78, 5) is 9.41. The number of hydrogen-bond donors (Lipinski definition) is 1. The van der Waals surface area contributed by atoms with Crippen molar-refractivity contribution in [1.82, 2.24) is 24.9 Å². The quantitative estimate of drug-likeness (QED) is 0.623. The van der Waals surface area contributed by atoms with Crippen LogP contribution in [0.25, 0.3) is 0 Å². The number of aryl methyl sites for hydroxylation is 2. The van der Waals surface area contributed by atoms with Crippen LogP contribution < -0.4 is 5.32 Å². The first-order valence-corrected chi connectivity index (χ1v) is 10.6. The van der Waals surface area contributed by atoms with Gasteiger partial charge in [0.2, 0.25) is 0 Å². The van der Waals surface area contributed by atoms with Crippen molar-refractivity contribution in [1.29, 1.82) is 0 Å². The molecule has 0 aliphatic carbocycles. The molecular weight excluding hydrogens is 360 g/mol. The lowest BCUT2D eigenvalue weighted by Gasteiger charge is -2.36. The van der Waals surface area contributed by atoms with Crippen LogP contribution in [0.1, 0.15) is 47.8 Å². The Balaban J connectivity index is 1.50. The van der Waals surface area contributed by atoms with Crippen LogP contribution in [0, 0.1) is 13.8 Å². The van der Waals surface area contributed by atoms with Crippen LogP contribution >= 0.6 is 0 Å². The van der Waals surface area contributed by atoms with E-state index in [1.807, 2.05) is 18.8 Å². The maximum Gasteiger partial charge on any atom is 0.194 e. The van der Waals surface area contributed by atoms with Gasteiger partial charge in [0.1, 0.15) is 0 Å². The molecule has 2 heterocycles. The minimum Gasteiger partial charge on any atom is -0.352 e. The molecule has 1 N–H and O–H groups in total. The second kappa shape index (κ2) is 9.44. The van der Waals surface area contributed by atoms with Crippen LogP contribution in [0.4, 0.5) is 0 Å². The Hall–Kier alpha value is -2.34. The lowest BCUT2D eigenvalue weighted by Crippen LogP contribution is -2.52. The van der Waals surface area contributed by atoms with Crippen molar-refractivity contribution >= 4 is 5.96 Å². The average molecular weight is 397 g/mol. The lowest BCUT2D eigenvalue weighted by atomic mass is 10.0. The molecule has 1 aliphatic heterocycles. The Morgan fingerprint density at radius 2 is 1.76 bits per heavy atom. The molecule has 1 aliphatic rings. The van der Waals surface area contributed by atoms with E-state index < -0.39 is 0 Å². The highest BCUT2D eigenvalue weighted by Gasteiger charge is 2.20. The first-order chi connectivity index (χ1) is 13.9. The number of benzene rings is 1. The molecule has 1 saturated heterocycles. The van der Waals surface area contributed by atoms with Gasteiger partial charge in [-0.15, -0.1) is 0 Å². The summed E-state index contributed by atoms with van der Waals surface area (Å²) in [6.07, 6.45) is 0. The van der Waals surface area contributed by atoms with E-state index in [1.165, 1.54) is 22.4 Å². The Bertz CT molecular complexity index is 826. The zero-order valence-electron chi connectivity index (χ0n) is 18.9. The van der Waals surface area contributed by atoms with Crippen LogP contribution in [0.5, 0.6) is 0 Å². The SMILES string of the molecule is CN=C(NCc1c(C)nn(C)c1C)N1CCN(Cc2ccc(C(C)C)cc2)CC1. The van der Waals surface area contributed by atoms with Gasteiger partial charge in [-0.05, 0) is 30.9 Å². The molecule has 0 bridgehead atoms. The van der Waals surface area contributed by atoms with Gasteiger partial charge >= 0.3 is 0 Å². The zero-order chi connectivity index (χ0) is 21.0. The first-order valence-electron chi connectivity index (χ1n) is 10.6. The fraction of sp³-hybridized carbons (Fsp3) is 0.565. The van der Waals surface area contributed by atoms with Gasteiger partial charge in [-0.2, -0.15) is 5.10 Å². The molecule has 0 spiro atoms. The molecule has 0 atom stereocenters. The number of aliphatic imine (C=N–C) groups is 1. The second-order valence-corrected chi connectivity index (χ2v) is 8.33. The fourth-order valence-corrected chi connectivity index (χ4v) is 3.96. The molecule has 29 heavy (non-hydrogen) atoms. The van der Waals surface area contributed by atoms with Crippen molar-refractivity contribution in [2.24, 2.45) is 12.0 Å². The molecule has 0 unspecified atom stereocenters. The summed E-state index contributed by atoms with van der Waals surface area (Å²) in [5.74, 6) is 1.57. The van der Waals surface area contributed by atoms with Crippen LogP contribution in [0.2, 0.25) is 0 Å². The smallest absolute Gasteiger partial charge is 0.194 e. The maximum atomic E-state index is 4.51. The summed E-state index contributed by atoms with van der Waals surface area (Å²) in [6.45, 7) is 14.6. The van der Waals surface area contributed by atoms with Crippen LogP contribution in [0.15, 0.2) is 29.3 Å². The third-order valence-corrected chi connectivity index (χ3v) is 6.02. The van der Waals surface area contributed by atoms with Gasteiger partial charge in [0.25, 0.3) is 0 Å². The summed E-state index contributed by atoms with van der Waals surface area (Å²) in [6, 6.07) is 9.09. The summed E-state index contributed by atoms with van der Waals surface area (Å²) in [7, 11) is 3.87. The Labute approximate surface area is 175 Å².